The van der Waals surface area contributed by atoms with Gasteiger partial charge in [-0.25, -0.2) is 0 Å². The molecule has 22 heavy (non-hydrogen) atoms. The predicted molar refractivity (Wildman–Crippen MR) is 94.0 cm³/mol. The topological polar surface area (TPSA) is 47.0 Å². The van der Waals surface area contributed by atoms with E-state index in [1.54, 1.807) is 37.4 Å². The Hall–Kier alpha value is -1.63. The average Bonchev–Trinajstić information content (AvgIpc) is 2.48. The zero-order valence-corrected chi connectivity index (χ0v) is 14.6. The Morgan fingerprint density at radius 3 is 2.73 bits per heavy atom. The van der Waals surface area contributed by atoms with Crippen LogP contribution in [0.25, 0.3) is 16.6 Å². The summed E-state index contributed by atoms with van der Waals surface area (Å²) in [4.78, 5) is 15.8. The Morgan fingerprint density at radius 2 is 2.05 bits per heavy atom. The van der Waals surface area contributed by atoms with E-state index in [9.17, 15) is 4.79 Å². The van der Waals surface area contributed by atoms with Gasteiger partial charge in [0, 0.05) is 10.5 Å². The summed E-state index contributed by atoms with van der Waals surface area (Å²) in [5, 5.41) is 0.918. The number of aromatic nitrogens is 2. The van der Waals surface area contributed by atoms with Crippen molar-refractivity contribution in [1.82, 2.24) is 9.55 Å². The minimum Gasteiger partial charge on any atom is -0.497 e. The zero-order valence-electron chi connectivity index (χ0n) is 11.4. The number of H-pyrrole nitrogens is 1. The van der Waals surface area contributed by atoms with Crippen LogP contribution in [0.3, 0.4) is 0 Å². The fourth-order valence-electron chi connectivity index (χ4n) is 2.20. The number of aromatic amines is 1. The molecule has 0 aliphatic rings. The fourth-order valence-corrected chi connectivity index (χ4v) is 3.11. The molecule has 0 spiro atoms. The fraction of sp³-hybridized carbons (Fsp3) is 0.0667. The second kappa shape index (κ2) is 5.87. The summed E-state index contributed by atoms with van der Waals surface area (Å²) < 4.78 is 7.65. The van der Waals surface area contributed by atoms with Crippen LogP contribution in [0.5, 0.6) is 5.75 Å². The van der Waals surface area contributed by atoms with Crippen LogP contribution in [0.1, 0.15) is 0 Å². The molecule has 1 heterocycles. The summed E-state index contributed by atoms with van der Waals surface area (Å²) in [5.74, 6) is 0.612. The van der Waals surface area contributed by atoms with Crippen molar-refractivity contribution >= 4 is 50.7 Å². The van der Waals surface area contributed by atoms with Gasteiger partial charge in [-0.15, -0.1) is 0 Å². The van der Waals surface area contributed by atoms with Gasteiger partial charge in [-0.2, -0.15) is 0 Å². The molecule has 0 saturated heterocycles. The van der Waals surface area contributed by atoms with Crippen molar-refractivity contribution in [1.29, 1.82) is 0 Å². The second-order valence-electron chi connectivity index (χ2n) is 4.58. The lowest BCUT2D eigenvalue weighted by Crippen LogP contribution is -2.20. The van der Waals surface area contributed by atoms with Gasteiger partial charge >= 0.3 is 0 Å². The van der Waals surface area contributed by atoms with E-state index in [1.807, 2.05) is 6.07 Å². The van der Waals surface area contributed by atoms with E-state index in [0.717, 1.165) is 4.47 Å². The highest BCUT2D eigenvalue weighted by Crippen LogP contribution is 2.25. The van der Waals surface area contributed by atoms with Gasteiger partial charge in [0.05, 0.1) is 28.7 Å². The van der Waals surface area contributed by atoms with Crippen LogP contribution in [0.15, 0.2) is 45.7 Å². The highest BCUT2D eigenvalue weighted by atomic mass is 79.9. The summed E-state index contributed by atoms with van der Waals surface area (Å²) in [6, 6.07) is 10.4. The van der Waals surface area contributed by atoms with Crippen LogP contribution in [0, 0.1) is 4.77 Å². The highest BCUT2D eigenvalue weighted by molar-refractivity contribution is 9.10. The number of fused-ring (bicyclic) bond motifs is 1. The van der Waals surface area contributed by atoms with E-state index in [0.29, 0.717) is 27.4 Å². The molecule has 0 bridgehead atoms. The van der Waals surface area contributed by atoms with Gasteiger partial charge in [-0.1, -0.05) is 27.5 Å². The lowest BCUT2D eigenvalue weighted by molar-refractivity contribution is 0.415. The van der Waals surface area contributed by atoms with Gasteiger partial charge in [0.15, 0.2) is 4.77 Å². The maximum Gasteiger partial charge on any atom is 0.266 e. The third-order valence-corrected chi connectivity index (χ3v) is 4.34. The van der Waals surface area contributed by atoms with Crippen LogP contribution in [0.2, 0.25) is 5.02 Å². The van der Waals surface area contributed by atoms with E-state index in [4.69, 9.17) is 28.6 Å². The molecule has 7 heteroatoms. The molecular formula is C15H10BrClN2O2S. The number of halogens is 2. The summed E-state index contributed by atoms with van der Waals surface area (Å²) in [7, 11) is 1.55. The first-order valence-electron chi connectivity index (χ1n) is 6.30. The molecule has 3 rings (SSSR count). The van der Waals surface area contributed by atoms with Gasteiger partial charge in [0.2, 0.25) is 0 Å². The quantitative estimate of drug-likeness (QED) is 0.649. The predicted octanol–water partition coefficient (Wildman–Crippen LogP) is 4.47. The van der Waals surface area contributed by atoms with Crippen LogP contribution < -0.4 is 10.3 Å². The van der Waals surface area contributed by atoms with Crippen LogP contribution in [0.4, 0.5) is 0 Å². The molecule has 0 atom stereocenters. The molecule has 1 N–H and O–H groups in total. The van der Waals surface area contributed by atoms with Crippen molar-refractivity contribution in [2.45, 2.75) is 0 Å². The number of hydrogen-bond donors (Lipinski definition) is 1. The monoisotopic (exact) mass is 396 g/mol. The van der Waals surface area contributed by atoms with Gasteiger partial charge in [-0.3, -0.25) is 9.36 Å². The Labute approximate surface area is 144 Å². The van der Waals surface area contributed by atoms with E-state index >= 15 is 0 Å². The third-order valence-electron chi connectivity index (χ3n) is 3.26. The van der Waals surface area contributed by atoms with E-state index < -0.39 is 0 Å². The van der Waals surface area contributed by atoms with Crippen LogP contribution in [-0.4, -0.2) is 16.7 Å². The summed E-state index contributed by atoms with van der Waals surface area (Å²) in [6.45, 7) is 0. The lowest BCUT2D eigenvalue weighted by Gasteiger charge is -2.11. The Bertz CT molecular complexity index is 997. The minimum atomic E-state index is -0.224. The van der Waals surface area contributed by atoms with Gasteiger partial charge in [0.25, 0.3) is 5.56 Å². The normalized spacial score (nSPS) is 10.9. The van der Waals surface area contributed by atoms with Gasteiger partial charge in [-0.05, 0) is 42.5 Å². The molecule has 0 aliphatic carbocycles. The highest BCUT2D eigenvalue weighted by Gasteiger charge is 2.11. The first kappa shape index (κ1) is 15.3. The number of benzene rings is 2. The van der Waals surface area contributed by atoms with E-state index in [1.165, 1.54) is 4.57 Å². The molecule has 0 saturated carbocycles. The number of ether oxygens (including phenoxy) is 1. The average molecular weight is 398 g/mol. The lowest BCUT2D eigenvalue weighted by atomic mass is 10.2. The molecule has 112 valence electrons. The number of rotatable bonds is 2. The SMILES string of the molecule is COc1ccc(-n2c(=S)[nH]c3cc(Br)ccc3c2=O)c(Cl)c1. The standard InChI is InChI=1S/C15H10BrClN2O2S/c1-21-9-3-5-13(11(17)7-9)19-14(20)10-4-2-8(16)6-12(10)18-15(19)22/h2-7H,1H3,(H,18,22). The van der Waals surface area contributed by atoms with Crippen molar-refractivity contribution in [3.05, 3.63) is 61.0 Å². The van der Waals surface area contributed by atoms with E-state index in [2.05, 4.69) is 20.9 Å². The minimum absolute atomic E-state index is 0.224. The van der Waals surface area contributed by atoms with Crippen molar-refractivity contribution < 1.29 is 4.74 Å². The molecule has 0 radical (unpaired) electrons. The molecule has 4 nitrogen and oxygen atoms in total. The summed E-state index contributed by atoms with van der Waals surface area (Å²) >= 11 is 14.9. The Morgan fingerprint density at radius 1 is 1.27 bits per heavy atom. The second-order valence-corrected chi connectivity index (χ2v) is 6.29. The van der Waals surface area contributed by atoms with Gasteiger partial charge in [0.1, 0.15) is 5.75 Å². The van der Waals surface area contributed by atoms with Crippen LogP contribution >= 0.6 is 39.7 Å². The molecule has 3 aromatic rings. The van der Waals surface area contributed by atoms with E-state index in [-0.39, 0.29) is 10.3 Å². The zero-order chi connectivity index (χ0) is 15.9. The third kappa shape index (κ3) is 2.58. The first-order chi connectivity index (χ1) is 10.5. The molecule has 0 unspecified atom stereocenters. The molecule has 0 aliphatic heterocycles. The van der Waals surface area contributed by atoms with Crippen molar-refractivity contribution in [3.8, 4) is 11.4 Å². The Kier molecular flexibility index (Phi) is 4.08. The molecule has 0 amide bonds. The summed E-state index contributed by atoms with van der Waals surface area (Å²) in [5.41, 5.74) is 0.960. The largest absolute Gasteiger partial charge is 0.497 e. The Balaban J connectivity index is 2.34. The number of nitrogens with one attached hydrogen (secondary N) is 1. The summed E-state index contributed by atoms with van der Waals surface area (Å²) in [6.07, 6.45) is 0. The van der Waals surface area contributed by atoms with Gasteiger partial charge < -0.3 is 9.72 Å². The van der Waals surface area contributed by atoms with Crippen molar-refractivity contribution in [2.24, 2.45) is 0 Å². The van der Waals surface area contributed by atoms with Crippen LogP contribution in [-0.2, 0) is 0 Å². The number of hydrogen-bond acceptors (Lipinski definition) is 3. The molecule has 2 aromatic carbocycles. The molecular weight excluding hydrogens is 388 g/mol. The smallest absolute Gasteiger partial charge is 0.266 e. The van der Waals surface area contributed by atoms with Crippen molar-refractivity contribution in [3.63, 3.8) is 0 Å². The maximum atomic E-state index is 12.7. The molecule has 1 aromatic heterocycles. The first-order valence-corrected chi connectivity index (χ1v) is 7.87. The molecule has 0 fully saturated rings. The number of methoxy groups -OCH3 is 1. The maximum absolute atomic E-state index is 12.7. The van der Waals surface area contributed by atoms with Crippen molar-refractivity contribution in [2.75, 3.05) is 7.11 Å². The number of nitrogens with zero attached hydrogens (tertiary/aromatic N) is 1.